The number of ether oxygens (including phenoxy) is 2. The van der Waals surface area contributed by atoms with Crippen molar-refractivity contribution in [2.45, 2.75) is 25.9 Å². The van der Waals surface area contributed by atoms with E-state index in [4.69, 9.17) is 14.6 Å². The van der Waals surface area contributed by atoms with Crippen molar-refractivity contribution in [3.05, 3.63) is 54.1 Å². The number of methoxy groups -OCH3 is 1. The third-order valence-electron chi connectivity index (χ3n) is 5.48. The van der Waals surface area contributed by atoms with E-state index in [1.165, 1.54) is 4.90 Å². The molecule has 1 N–H and O–H groups in total. The first-order chi connectivity index (χ1) is 14.0. The van der Waals surface area contributed by atoms with E-state index in [-0.39, 0.29) is 6.10 Å². The van der Waals surface area contributed by atoms with Crippen molar-refractivity contribution < 1.29 is 19.4 Å². The molecule has 0 atom stereocenters. The number of amides is 1. The minimum atomic E-state index is -0.856. The van der Waals surface area contributed by atoms with Gasteiger partial charge < -0.3 is 19.5 Å². The molecule has 0 saturated carbocycles. The van der Waals surface area contributed by atoms with Gasteiger partial charge in [0.1, 0.15) is 11.9 Å². The van der Waals surface area contributed by atoms with Crippen LogP contribution in [0, 0.1) is 6.92 Å². The minimum Gasteiger partial charge on any atom is -0.490 e. The van der Waals surface area contributed by atoms with Gasteiger partial charge in [-0.15, -0.1) is 0 Å². The Kier molecular flexibility index (Phi) is 5.25. The molecule has 0 unspecified atom stereocenters. The Bertz CT molecular complexity index is 1020. The zero-order valence-corrected chi connectivity index (χ0v) is 16.6. The summed E-state index contributed by atoms with van der Waals surface area (Å²) in [5, 5.41) is 10.1. The van der Waals surface area contributed by atoms with Crippen LogP contribution < -0.4 is 9.47 Å². The Morgan fingerprint density at radius 2 is 1.76 bits per heavy atom. The van der Waals surface area contributed by atoms with E-state index < -0.39 is 6.09 Å². The first-order valence-electron chi connectivity index (χ1n) is 9.74. The molecule has 1 amide bonds. The number of aromatic nitrogens is 1. The van der Waals surface area contributed by atoms with Gasteiger partial charge >= 0.3 is 6.09 Å². The van der Waals surface area contributed by atoms with Gasteiger partial charge in [-0.25, -0.2) is 9.78 Å². The number of nitrogens with zero attached hydrogens (tertiary/aromatic N) is 2. The molecule has 150 valence electrons. The molecule has 0 spiro atoms. The quantitative estimate of drug-likeness (QED) is 0.694. The van der Waals surface area contributed by atoms with Gasteiger partial charge in [-0.2, -0.15) is 0 Å². The Hall–Kier alpha value is -3.28. The zero-order valence-electron chi connectivity index (χ0n) is 16.6. The number of benzene rings is 2. The number of fused-ring (bicyclic) bond motifs is 1. The van der Waals surface area contributed by atoms with Crippen LogP contribution >= 0.6 is 0 Å². The van der Waals surface area contributed by atoms with Crippen LogP contribution in [0.4, 0.5) is 4.79 Å². The number of likely N-dealkylation sites (tertiary alicyclic amines) is 1. The number of aryl methyl sites for hydroxylation is 1. The summed E-state index contributed by atoms with van der Waals surface area (Å²) >= 11 is 0. The molecule has 6 heteroatoms. The molecule has 1 aliphatic rings. The lowest BCUT2D eigenvalue weighted by molar-refractivity contribution is 0.0895. The maximum absolute atomic E-state index is 11.0. The molecule has 3 aromatic rings. The van der Waals surface area contributed by atoms with E-state index in [1.807, 2.05) is 24.3 Å². The summed E-state index contributed by atoms with van der Waals surface area (Å²) in [6.07, 6.45) is 0.623. The highest BCUT2D eigenvalue weighted by atomic mass is 16.5. The van der Waals surface area contributed by atoms with Crippen LogP contribution in [-0.4, -0.2) is 47.4 Å². The lowest BCUT2D eigenvalue weighted by atomic mass is 9.98. The van der Waals surface area contributed by atoms with Crippen LogP contribution in [-0.2, 0) is 0 Å². The fourth-order valence-electron chi connectivity index (χ4n) is 3.81. The summed E-state index contributed by atoms with van der Waals surface area (Å²) in [7, 11) is 1.62. The van der Waals surface area contributed by atoms with Crippen LogP contribution in [0.15, 0.2) is 48.5 Å². The van der Waals surface area contributed by atoms with Crippen molar-refractivity contribution in [2.24, 2.45) is 0 Å². The SMILES string of the molecule is COc1ccc2ccc(-c3ccc(OC4CCN(C(=O)O)CC4)cc3)c(C)c2n1. The molecular weight excluding hydrogens is 368 g/mol. The first-order valence-corrected chi connectivity index (χ1v) is 9.74. The Balaban J connectivity index is 1.51. The van der Waals surface area contributed by atoms with E-state index in [0.29, 0.717) is 31.8 Å². The lowest BCUT2D eigenvalue weighted by Crippen LogP contribution is -2.41. The van der Waals surface area contributed by atoms with Crippen molar-refractivity contribution in [3.63, 3.8) is 0 Å². The molecule has 0 aliphatic carbocycles. The zero-order chi connectivity index (χ0) is 20.4. The maximum atomic E-state index is 11.0. The normalized spacial score (nSPS) is 14.8. The first kappa shape index (κ1) is 19.1. The fraction of sp³-hybridized carbons (Fsp3) is 0.304. The van der Waals surface area contributed by atoms with Gasteiger partial charge in [-0.3, -0.25) is 0 Å². The second kappa shape index (κ2) is 7.99. The lowest BCUT2D eigenvalue weighted by Gasteiger charge is -2.30. The Morgan fingerprint density at radius 3 is 2.41 bits per heavy atom. The smallest absolute Gasteiger partial charge is 0.407 e. The molecule has 1 saturated heterocycles. The highest BCUT2D eigenvalue weighted by molar-refractivity contribution is 5.89. The Morgan fingerprint density at radius 1 is 1.07 bits per heavy atom. The number of carboxylic acid groups (broad SMARTS) is 1. The highest BCUT2D eigenvalue weighted by Crippen LogP contribution is 2.31. The van der Waals surface area contributed by atoms with Gasteiger partial charge in [0.25, 0.3) is 0 Å². The van der Waals surface area contributed by atoms with Gasteiger partial charge in [-0.05, 0) is 41.8 Å². The van der Waals surface area contributed by atoms with Crippen LogP contribution in [0.1, 0.15) is 18.4 Å². The molecule has 4 rings (SSSR count). The second-order valence-corrected chi connectivity index (χ2v) is 7.27. The van der Waals surface area contributed by atoms with Crippen molar-refractivity contribution in [3.8, 4) is 22.8 Å². The average molecular weight is 392 g/mol. The number of hydrogen-bond acceptors (Lipinski definition) is 4. The van der Waals surface area contributed by atoms with Crippen LogP contribution in [0.3, 0.4) is 0 Å². The predicted molar refractivity (Wildman–Crippen MR) is 112 cm³/mol. The number of rotatable bonds is 4. The van der Waals surface area contributed by atoms with E-state index in [2.05, 4.69) is 36.2 Å². The summed E-state index contributed by atoms with van der Waals surface area (Å²) in [6, 6.07) is 16.1. The molecular formula is C23H24N2O4. The van der Waals surface area contributed by atoms with E-state index in [0.717, 1.165) is 33.3 Å². The maximum Gasteiger partial charge on any atom is 0.407 e. The van der Waals surface area contributed by atoms with Crippen molar-refractivity contribution in [2.75, 3.05) is 20.2 Å². The molecule has 1 aliphatic heterocycles. The summed E-state index contributed by atoms with van der Waals surface area (Å²) in [5.74, 6) is 1.41. The van der Waals surface area contributed by atoms with E-state index >= 15 is 0 Å². The van der Waals surface area contributed by atoms with Crippen molar-refractivity contribution in [1.29, 1.82) is 0 Å². The van der Waals surface area contributed by atoms with Crippen molar-refractivity contribution in [1.82, 2.24) is 9.88 Å². The summed E-state index contributed by atoms with van der Waals surface area (Å²) < 4.78 is 11.3. The molecule has 1 fully saturated rings. The fourth-order valence-corrected chi connectivity index (χ4v) is 3.81. The van der Waals surface area contributed by atoms with Gasteiger partial charge in [0, 0.05) is 37.4 Å². The minimum absolute atomic E-state index is 0.0514. The monoisotopic (exact) mass is 392 g/mol. The molecule has 2 aromatic carbocycles. The van der Waals surface area contributed by atoms with Crippen LogP contribution in [0.5, 0.6) is 11.6 Å². The topological polar surface area (TPSA) is 71.9 Å². The standard InChI is InChI=1S/C23H24N2O4/c1-15-20(9-5-17-6-10-21(28-2)24-22(15)17)16-3-7-18(8-4-16)29-19-11-13-25(14-12-19)23(26)27/h3-10,19H,11-14H2,1-2H3,(H,26,27). The van der Waals surface area contributed by atoms with Gasteiger partial charge in [0.05, 0.1) is 12.6 Å². The van der Waals surface area contributed by atoms with Crippen LogP contribution in [0.25, 0.3) is 22.0 Å². The summed E-state index contributed by atoms with van der Waals surface area (Å²) in [4.78, 5) is 17.0. The molecule has 1 aromatic heterocycles. The third-order valence-corrected chi connectivity index (χ3v) is 5.48. The number of carbonyl (C=O) groups is 1. The van der Waals surface area contributed by atoms with Crippen LogP contribution in [0.2, 0.25) is 0 Å². The summed E-state index contributed by atoms with van der Waals surface area (Å²) in [6.45, 7) is 3.11. The Labute approximate surface area is 169 Å². The van der Waals surface area contributed by atoms with Gasteiger partial charge in [0.15, 0.2) is 0 Å². The van der Waals surface area contributed by atoms with Gasteiger partial charge in [0.2, 0.25) is 5.88 Å². The third kappa shape index (κ3) is 3.97. The molecule has 0 radical (unpaired) electrons. The van der Waals surface area contributed by atoms with E-state index in [9.17, 15) is 4.79 Å². The number of hydrogen-bond donors (Lipinski definition) is 1. The second-order valence-electron chi connectivity index (χ2n) is 7.27. The molecule has 6 nitrogen and oxygen atoms in total. The van der Waals surface area contributed by atoms with Crippen molar-refractivity contribution >= 4 is 17.0 Å². The average Bonchev–Trinajstić information content (AvgIpc) is 2.75. The highest BCUT2D eigenvalue weighted by Gasteiger charge is 2.23. The van der Waals surface area contributed by atoms with E-state index in [1.54, 1.807) is 7.11 Å². The number of pyridine rings is 1. The number of piperidine rings is 1. The largest absolute Gasteiger partial charge is 0.490 e. The van der Waals surface area contributed by atoms with Gasteiger partial charge in [-0.1, -0.05) is 24.3 Å². The molecule has 2 heterocycles. The molecule has 0 bridgehead atoms. The summed E-state index contributed by atoms with van der Waals surface area (Å²) in [5.41, 5.74) is 4.27. The predicted octanol–water partition coefficient (Wildman–Crippen LogP) is 4.74. The molecule has 29 heavy (non-hydrogen) atoms.